The molecule has 3 rings (SSSR count). The number of benzene rings is 2. The Hall–Kier alpha value is -4.34. The van der Waals surface area contributed by atoms with Gasteiger partial charge in [0.2, 0.25) is 0 Å². The number of carbonyl (C=O) groups excluding carboxylic acids is 2. The third-order valence-corrected chi connectivity index (χ3v) is 5.15. The second-order valence-electron chi connectivity index (χ2n) is 7.72. The number of hydrogen-bond donors (Lipinski definition) is 4. The number of nitrogens with one attached hydrogen (secondary N) is 2. The van der Waals surface area contributed by atoms with Gasteiger partial charge in [0.1, 0.15) is 34.3 Å². The maximum atomic E-state index is 14.1. The highest BCUT2D eigenvalue weighted by Crippen LogP contribution is 2.30. The lowest BCUT2D eigenvalue weighted by molar-refractivity contribution is -0.254. The van der Waals surface area contributed by atoms with Gasteiger partial charge in [0.25, 0.3) is 11.8 Å². The summed E-state index contributed by atoms with van der Waals surface area (Å²) >= 11 is 0. The van der Waals surface area contributed by atoms with Crippen molar-refractivity contribution in [3.63, 3.8) is 0 Å². The molecule has 3 aromatic rings. The molecular formula is C22H18F7N5O4. The maximum Gasteiger partial charge on any atom is 0.420 e. The molecule has 9 nitrogen and oxygen atoms in total. The van der Waals surface area contributed by atoms with Gasteiger partial charge in [0, 0.05) is 0 Å². The van der Waals surface area contributed by atoms with Crippen LogP contribution in [0.2, 0.25) is 0 Å². The first kappa shape index (κ1) is 28.2. The molecule has 0 aliphatic heterocycles. The van der Waals surface area contributed by atoms with Crippen molar-refractivity contribution < 1.29 is 50.2 Å². The summed E-state index contributed by atoms with van der Waals surface area (Å²) < 4.78 is 98.3. The summed E-state index contributed by atoms with van der Waals surface area (Å²) in [6.45, 7) is -6.58. The number of anilines is 1. The Kier molecular flexibility index (Phi) is 8.14. The first-order valence-electron chi connectivity index (χ1n) is 10.4. The average Bonchev–Trinajstić information content (AvgIpc) is 3.22. The molecule has 38 heavy (non-hydrogen) atoms. The Morgan fingerprint density at radius 2 is 1.63 bits per heavy atom. The zero-order chi connectivity index (χ0) is 28.3. The molecular weight excluding hydrogens is 531 g/mol. The van der Waals surface area contributed by atoms with E-state index in [0.717, 1.165) is 35.1 Å². The molecule has 1 atom stereocenters. The summed E-state index contributed by atoms with van der Waals surface area (Å²) in [6, 6.07) is 7.11. The predicted octanol–water partition coefficient (Wildman–Crippen LogP) is 2.79. The minimum absolute atomic E-state index is 0.237. The van der Waals surface area contributed by atoms with Gasteiger partial charge in [-0.05, 0) is 36.4 Å². The van der Waals surface area contributed by atoms with Crippen LogP contribution in [0.15, 0.2) is 48.7 Å². The van der Waals surface area contributed by atoms with Crippen molar-refractivity contribution >= 4 is 17.6 Å². The molecule has 2 amide bonds. The van der Waals surface area contributed by atoms with E-state index in [0.29, 0.717) is 6.07 Å². The zero-order valence-electron chi connectivity index (χ0n) is 18.9. The molecule has 2 aromatic carbocycles. The largest absolute Gasteiger partial charge is 0.434 e. The molecule has 0 radical (unpaired) electrons. The van der Waals surface area contributed by atoms with Gasteiger partial charge >= 0.3 is 12.8 Å². The molecule has 5 N–H and O–H groups in total. The topological polar surface area (TPSA) is 132 Å². The van der Waals surface area contributed by atoms with Gasteiger partial charge in [-0.3, -0.25) is 9.59 Å². The van der Waals surface area contributed by atoms with Crippen molar-refractivity contribution in [3.05, 3.63) is 71.4 Å². The van der Waals surface area contributed by atoms with Crippen LogP contribution in [0.4, 0.5) is 36.6 Å². The summed E-state index contributed by atoms with van der Waals surface area (Å²) in [5.74, 6) is -6.00. The van der Waals surface area contributed by atoms with E-state index in [2.05, 4.69) is 9.84 Å². The monoisotopic (exact) mass is 549 g/mol. The Bertz CT molecular complexity index is 1310. The normalized spacial score (nSPS) is 13.2. The maximum absolute atomic E-state index is 14.1. The minimum Gasteiger partial charge on any atom is -0.434 e. The summed E-state index contributed by atoms with van der Waals surface area (Å²) in [5, 5.41) is 17.5. The smallest absolute Gasteiger partial charge is 0.420 e. The van der Waals surface area contributed by atoms with Crippen LogP contribution < -0.4 is 21.1 Å². The Morgan fingerprint density at radius 3 is 2.21 bits per heavy atom. The Morgan fingerprint density at radius 1 is 1.03 bits per heavy atom. The Labute approximate surface area is 209 Å². The Balaban J connectivity index is 1.74. The molecule has 0 aliphatic carbocycles. The lowest BCUT2D eigenvalue weighted by Crippen LogP contribution is -2.59. The number of nitrogens with two attached hydrogens (primary N) is 1. The van der Waals surface area contributed by atoms with E-state index in [-0.39, 0.29) is 17.1 Å². The van der Waals surface area contributed by atoms with Gasteiger partial charge in [-0.25, -0.2) is 13.5 Å². The van der Waals surface area contributed by atoms with E-state index in [1.165, 1.54) is 12.1 Å². The van der Waals surface area contributed by atoms with Crippen molar-refractivity contribution in [2.24, 2.45) is 0 Å². The van der Waals surface area contributed by atoms with Crippen molar-refractivity contribution in [3.8, 4) is 11.4 Å². The fraction of sp³-hybridized carbons (Fsp3) is 0.227. The number of amides is 2. The number of aromatic nitrogens is 2. The van der Waals surface area contributed by atoms with E-state index in [4.69, 9.17) is 5.73 Å². The molecule has 0 aliphatic rings. The van der Waals surface area contributed by atoms with E-state index in [9.17, 15) is 45.4 Å². The van der Waals surface area contributed by atoms with Crippen LogP contribution in [0.1, 0.15) is 20.7 Å². The SMILES string of the molecule is Nc1c(C(=O)NC[C@](O)(CNC(=O)c2c(F)cccc2OC(F)F)C(F)(F)F)cnn1-c1ccc(F)cc1. The molecule has 0 spiro atoms. The molecule has 0 fully saturated rings. The third kappa shape index (κ3) is 6.13. The van der Waals surface area contributed by atoms with Gasteiger partial charge in [0.05, 0.1) is 25.0 Å². The fourth-order valence-electron chi connectivity index (χ4n) is 3.14. The molecule has 0 unspecified atom stereocenters. The van der Waals surface area contributed by atoms with E-state index >= 15 is 0 Å². The van der Waals surface area contributed by atoms with Gasteiger partial charge in [-0.2, -0.15) is 27.1 Å². The average molecular weight is 549 g/mol. The second kappa shape index (κ2) is 11.0. The summed E-state index contributed by atoms with van der Waals surface area (Å²) in [7, 11) is 0. The van der Waals surface area contributed by atoms with Crippen LogP contribution in [0.25, 0.3) is 5.69 Å². The van der Waals surface area contributed by atoms with Gasteiger partial charge in [-0.15, -0.1) is 0 Å². The summed E-state index contributed by atoms with van der Waals surface area (Å²) in [5.41, 5.74) is 0.774. The molecule has 0 saturated carbocycles. The fourth-order valence-corrected chi connectivity index (χ4v) is 3.14. The van der Waals surface area contributed by atoms with Gasteiger partial charge in [-0.1, -0.05) is 6.07 Å². The number of alkyl halides is 5. The van der Waals surface area contributed by atoms with Crippen LogP contribution in [-0.2, 0) is 0 Å². The number of ether oxygens (including phenoxy) is 1. The molecule has 16 heteroatoms. The number of aliphatic hydroxyl groups is 1. The second-order valence-corrected chi connectivity index (χ2v) is 7.72. The van der Waals surface area contributed by atoms with E-state index < -0.39 is 66.2 Å². The van der Waals surface area contributed by atoms with Crippen LogP contribution in [0, 0.1) is 11.6 Å². The molecule has 0 saturated heterocycles. The van der Waals surface area contributed by atoms with Crippen LogP contribution >= 0.6 is 0 Å². The van der Waals surface area contributed by atoms with Gasteiger partial charge < -0.3 is 26.2 Å². The number of nitrogen functional groups attached to an aromatic ring is 1. The number of nitrogens with zero attached hydrogens (tertiary/aromatic N) is 2. The highest BCUT2D eigenvalue weighted by atomic mass is 19.4. The molecule has 1 heterocycles. The van der Waals surface area contributed by atoms with Crippen LogP contribution in [-0.4, -0.2) is 58.2 Å². The lowest BCUT2D eigenvalue weighted by atomic mass is 10.0. The summed E-state index contributed by atoms with van der Waals surface area (Å²) in [6.07, 6.45) is -4.51. The van der Waals surface area contributed by atoms with E-state index in [1.54, 1.807) is 5.32 Å². The van der Waals surface area contributed by atoms with Crippen LogP contribution in [0.3, 0.4) is 0 Å². The number of carbonyl (C=O) groups is 2. The van der Waals surface area contributed by atoms with Crippen molar-refractivity contribution in [1.82, 2.24) is 20.4 Å². The van der Waals surface area contributed by atoms with Crippen molar-refractivity contribution in [2.45, 2.75) is 18.4 Å². The van der Waals surface area contributed by atoms with Crippen molar-refractivity contribution in [1.29, 1.82) is 0 Å². The highest BCUT2D eigenvalue weighted by Gasteiger charge is 2.54. The quantitative estimate of drug-likeness (QED) is 0.304. The molecule has 204 valence electrons. The molecule has 1 aromatic heterocycles. The predicted molar refractivity (Wildman–Crippen MR) is 117 cm³/mol. The third-order valence-electron chi connectivity index (χ3n) is 5.15. The van der Waals surface area contributed by atoms with Crippen LogP contribution in [0.5, 0.6) is 5.75 Å². The first-order valence-corrected chi connectivity index (χ1v) is 10.4. The van der Waals surface area contributed by atoms with E-state index in [1.807, 2.05) is 5.32 Å². The van der Waals surface area contributed by atoms with Gasteiger partial charge in [0.15, 0.2) is 5.60 Å². The molecule has 0 bridgehead atoms. The standard InChI is InChI=1S/C22H18F7N5O4/c23-11-4-6-12(7-5-11)34-17(30)13(8-33-34)18(35)31-9-21(37,22(27,28)29)10-32-19(36)16-14(24)2-1-3-15(16)38-20(25)26/h1-8,20,37H,9-10,30H2,(H,31,35)(H,32,36)/t21-/m0/s1. The number of hydrogen-bond acceptors (Lipinski definition) is 6. The minimum atomic E-state index is -5.44. The number of rotatable bonds is 9. The number of halogens is 7. The highest BCUT2D eigenvalue weighted by molar-refractivity contribution is 5.98. The van der Waals surface area contributed by atoms with Crippen molar-refractivity contribution in [2.75, 3.05) is 18.8 Å². The summed E-state index contributed by atoms with van der Waals surface area (Å²) in [4.78, 5) is 24.8. The lowest BCUT2D eigenvalue weighted by Gasteiger charge is -2.30. The zero-order valence-corrected chi connectivity index (χ0v) is 18.9. The first-order chi connectivity index (χ1) is 17.7.